The summed E-state index contributed by atoms with van der Waals surface area (Å²) in [7, 11) is 0. The maximum absolute atomic E-state index is 14.2. The molecule has 1 aliphatic heterocycles. The van der Waals surface area contributed by atoms with E-state index in [1.54, 1.807) is 30.3 Å². The van der Waals surface area contributed by atoms with E-state index in [9.17, 15) is 14.3 Å². The number of fused-ring (bicyclic) bond motifs is 2. The molecule has 1 N–H and O–H groups in total. The number of carboxylic acid groups (broad SMARTS) is 1. The minimum atomic E-state index is -1.02. The molecule has 0 fully saturated rings. The van der Waals surface area contributed by atoms with Gasteiger partial charge >= 0.3 is 5.97 Å². The van der Waals surface area contributed by atoms with Crippen LogP contribution in [0.25, 0.3) is 33.4 Å². The van der Waals surface area contributed by atoms with Crippen LogP contribution in [0.5, 0.6) is 0 Å². The van der Waals surface area contributed by atoms with Crippen molar-refractivity contribution in [3.05, 3.63) is 77.4 Å². The number of carbonyl (C=O) groups is 1. The topological polar surface area (TPSA) is 53.5 Å². The lowest BCUT2D eigenvalue weighted by atomic mass is 9.91. The predicted molar refractivity (Wildman–Crippen MR) is 130 cm³/mol. The molecule has 0 amide bonds. The van der Waals surface area contributed by atoms with Gasteiger partial charge in [-0.25, -0.2) is 13.8 Å². The number of hydrogen-bond donors (Lipinski definition) is 1. The van der Waals surface area contributed by atoms with Gasteiger partial charge in [0.1, 0.15) is 30.3 Å². The number of rotatable bonds is 8. The SMILES string of the molecule is CCCC[N+](CCCC)=c1ccc2c(-c3ccccc3C(=O)O)c3cc(F)ccc3oc-2c1. The van der Waals surface area contributed by atoms with Crippen molar-refractivity contribution in [3.63, 3.8) is 0 Å². The molecular weight excluding hydrogens is 417 g/mol. The van der Waals surface area contributed by atoms with Crippen LogP contribution in [0, 0.1) is 5.82 Å². The number of unbranched alkanes of at least 4 members (excludes halogenated alkanes) is 2. The van der Waals surface area contributed by atoms with Gasteiger partial charge in [0.05, 0.1) is 11.6 Å². The molecule has 0 saturated heterocycles. The molecule has 5 heteroatoms. The van der Waals surface area contributed by atoms with Gasteiger partial charge in [-0.05, 0) is 35.9 Å². The fourth-order valence-corrected chi connectivity index (χ4v) is 4.29. The monoisotopic (exact) mass is 446 g/mol. The smallest absolute Gasteiger partial charge is 0.336 e. The molecule has 4 nitrogen and oxygen atoms in total. The van der Waals surface area contributed by atoms with Gasteiger partial charge in [0.25, 0.3) is 0 Å². The van der Waals surface area contributed by atoms with Gasteiger partial charge in [-0.1, -0.05) is 44.9 Å². The van der Waals surface area contributed by atoms with Crippen LogP contribution in [0.4, 0.5) is 4.39 Å². The van der Waals surface area contributed by atoms with Crippen LogP contribution in [0.3, 0.4) is 0 Å². The Bertz CT molecular complexity index is 1330. The summed E-state index contributed by atoms with van der Waals surface area (Å²) in [6.07, 6.45) is 4.44. The largest absolute Gasteiger partial charge is 0.478 e. The van der Waals surface area contributed by atoms with E-state index in [0.717, 1.165) is 49.7 Å². The molecule has 0 aromatic heterocycles. The average Bonchev–Trinajstić information content (AvgIpc) is 2.82. The first kappa shape index (κ1) is 22.7. The molecule has 33 heavy (non-hydrogen) atoms. The first-order valence-corrected chi connectivity index (χ1v) is 11.6. The van der Waals surface area contributed by atoms with Gasteiger partial charge in [0.2, 0.25) is 5.36 Å². The number of hydrogen-bond acceptors (Lipinski definition) is 2. The van der Waals surface area contributed by atoms with E-state index in [0.29, 0.717) is 27.9 Å². The standard InChI is InChI=1S/C28H28FNO3/c1-3-5-15-30(16-6-4-2)20-12-13-23-26(18-20)33-25-14-11-19(29)17-24(25)27(23)21-9-7-8-10-22(21)28(31)32/h7-14,17-18H,3-6,15-16H2,1-2H3/p+1. The van der Waals surface area contributed by atoms with Crippen LogP contribution in [-0.2, 0) is 0 Å². The minimum Gasteiger partial charge on any atom is -0.478 e. The Morgan fingerprint density at radius 3 is 2.36 bits per heavy atom. The zero-order chi connectivity index (χ0) is 23.4. The lowest BCUT2D eigenvalue weighted by Gasteiger charge is -2.16. The lowest BCUT2D eigenvalue weighted by molar-refractivity contribution is 0.0697. The third-order valence-electron chi connectivity index (χ3n) is 6.02. The fraction of sp³-hybridized carbons (Fsp3) is 0.286. The molecule has 2 aromatic carbocycles. The first-order chi connectivity index (χ1) is 16.0. The van der Waals surface area contributed by atoms with Crippen molar-refractivity contribution < 1.29 is 18.7 Å². The second kappa shape index (κ2) is 9.99. The van der Waals surface area contributed by atoms with E-state index in [1.165, 1.54) is 12.1 Å². The average molecular weight is 447 g/mol. The predicted octanol–water partition coefficient (Wildman–Crippen LogP) is 6.41. The maximum atomic E-state index is 14.2. The summed E-state index contributed by atoms with van der Waals surface area (Å²) >= 11 is 0. The summed E-state index contributed by atoms with van der Waals surface area (Å²) in [6, 6.07) is 17.3. The number of nitrogens with zero attached hydrogens (tertiary/aromatic N) is 1. The van der Waals surface area contributed by atoms with Crippen molar-refractivity contribution in [3.8, 4) is 22.5 Å². The highest BCUT2D eigenvalue weighted by molar-refractivity contribution is 6.07. The number of aromatic carboxylic acids is 1. The molecule has 0 radical (unpaired) electrons. The van der Waals surface area contributed by atoms with Crippen LogP contribution in [-0.4, -0.2) is 24.2 Å². The third-order valence-corrected chi connectivity index (χ3v) is 6.02. The maximum Gasteiger partial charge on any atom is 0.336 e. The molecule has 1 heterocycles. The Balaban J connectivity index is 2.05. The van der Waals surface area contributed by atoms with Gasteiger partial charge in [0.15, 0.2) is 0 Å². The lowest BCUT2D eigenvalue weighted by Crippen LogP contribution is -2.31. The summed E-state index contributed by atoms with van der Waals surface area (Å²) in [5.74, 6) is -0.765. The quantitative estimate of drug-likeness (QED) is 0.251. The molecule has 0 saturated carbocycles. The molecule has 0 spiro atoms. The summed E-state index contributed by atoms with van der Waals surface area (Å²) in [6.45, 7) is 6.31. The van der Waals surface area contributed by atoms with Crippen molar-refractivity contribution in [1.29, 1.82) is 0 Å². The zero-order valence-corrected chi connectivity index (χ0v) is 19.1. The molecule has 170 valence electrons. The van der Waals surface area contributed by atoms with Crippen LogP contribution in [0.15, 0.2) is 65.1 Å². The van der Waals surface area contributed by atoms with Crippen LogP contribution in [0.1, 0.15) is 49.9 Å². The summed E-state index contributed by atoms with van der Waals surface area (Å²) in [4.78, 5) is 12.0. The highest BCUT2D eigenvalue weighted by Crippen LogP contribution is 2.41. The van der Waals surface area contributed by atoms with Crippen LogP contribution in [0.2, 0.25) is 0 Å². The van der Waals surface area contributed by atoms with Gasteiger partial charge in [-0.2, -0.15) is 0 Å². The first-order valence-electron chi connectivity index (χ1n) is 11.6. The van der Waals surface area contributed by atoms with Crippen molar-refractivity contribution in [2.24, 2.45) is 0 Å². The molecule has 2 aromatic rings. The minimum absolute atomic E-state index is 0.173. The van der Waals surface area contributed by atoms with Crippen molar-refractivity contribution >= 4 is 16.9 Å². The van der Waals surface area contributed by atoms with Crippen molar-refractivity contribution in [2.45, 2.75) is 39.5 Å². The highest BCUT2D eigenvalue weighted by Gasteiger charge is 2.22. The third kappa shape index (κ3) is 4.68. The highest BCUT2D eigenvalue weighted by atomic mass is 19.1. The second-order valence-corrected chi connectivity index (χ2v) is 8.34. The summed E-state index contributed by atoms with van der Waals surface area (Å²) in [5, 5.41) is 11.4. The van der Waals surface area contributed by atoms with E-state index in [4.69, 9.17) is 4.42 Å². The van der Waals surface area contributed by atoms with E-state index in [1.807, 2.05) is 12.1 Å². The Kier molecular flexibility index (Phi) is 6.87. The normalized spacial score (nSPS) is 11.2. The Morgan fingerprint density at radius 1 is 0.939 bits per heavy atom. The Labute approximate surface area is 193 Å². The molecule has 4 rings (SSSR count). The molecule has 1 aliphatic carbocycles. The molecular formula is C28H29FNO3+. The summed E-state index contributed by atoms with van der Waals surface area (Å²) < 4.78 is 22.8. The van der Waals surface area contributed by atoms with Gasteiger partial charge in [-0.3, -0.25) is 0 Å². The molecule has 0 atom stereocenters. The second-order valence-electron chi connectivity index (χ2n) is 8.34. The van der Waals surface area contributed by atoms with E-state index >= 15 is 0 Å². The van der Waals surface area contributed by atoms with Crippen LogP contribution >= 0.6 is 0 Å². The fourth-order valence-electron chi connectivity index (χ4n) is 4.29. The zero-order valence-electron chi connectivity index (χ0n) is 19.1. The molecule has 0 unspecified atom stereocenters. The number of carboxylic acids is 1. The Hall–Kier alpha value is -3.47. The van der Waals surface area contributed by atoms with E-state index < -0.39 is 11.8 Å². The Morgan fingerprint density at radius 2 is 1.67 bits per heavy atom. The van der Waals surface area contributed by atoms with Crippen LogP contribution < -0.4 is 9.93 Å². The molecule has 2 aliphatic rings. The van der Waals surface area contributed by atoms with Crippen molar-refractivity contribution in [1.82, 2.24) is 4.58 Å². The number of benzene rings is 3. The van der Waals surface area contributed by atoms with Crippen molar-refractivity contribution in [2.75, 3.05) is 13.1 Å². The molecule has 0 bridgehead atoms. The van der Waals surface area contributed by atoms with Gasteiger partial charge in [-0.15, -0.1) is 0 Å². The van der Waals surface area contributed by atoms with Gasteiger partial charge in [0, 0.05) is 35.4 Å². The van der Waals surface area contributed by atoms with E-state index in [2.05, 4.69) is 24.5 Å². The summed E-state index contributed by atoms with van der Waals surface area (Å²) in [5.41, 5.74) is 2.67. The number of halogens is 1. The van der Waals surface area contributed by atoms with E-state index in [-0.39, 0.29) is 5.56 Å². The van der Waals surface area contributed by atoms with Gasteiger partial charge < -0.3 is 9.52 Å².